The standard InChI is InChI=1S/C31H38N6O5/c1-16-26-20(29(39)42-31(16,4)5)7-8-24(36-26)35-25-11-21-22(12-33-25)27(34-13-23(21)30(2,3)32)41-18-9-17(10-18)28(38)37-14-19(15-37)40-6/h7-8,11-13,16-19H,9-10,14-15,32H2,1-6H3,(H,33,35,36)/t16-,17?,18?/m1/s1. The van der Waals surface area contributed by atoms with Gasteiger partial charge in [-0.25, -0.2) is 19.7 Å². The number of pyridine rings is 3. The van der Waals surface area contributed by atoms with E-state index in [9.17, 15) is 9.59 Å². The number of carbonyl (C=O) groups is 2. The summed E-state index contributed by atoms with van der Waals surface area (Å²) < 4.78 is 17.2. The van der Waals surface area contributed by atoms with Crippen LogP contribution in [0, 0.1) is 5.92 Å². The molecule has 3 aliphatic rings. The second kappa shape index (κ2) is 10.2. The topological polar surface area (TPSA) is 142 Å². The van der Waals surface area contributed by atoms with Gasteiger partial charge in [0.25, 0.3) is 0 Å². The van der Waals surface area contributed by atoms with Crippen molar-refractivity contribution < 1.29 is 23.8 Å². The number of cyclic esters (lactones) is 1. The fourth-order valence-electron chi connectivity index (χ4n) is 5.72. The number of anilines is 2. The molecule has 2 fully saturated rings. The van der Waals surface area contributed by atoms with Crippen LogP contribution in [0.3, 0.4) is 0 Å². The summed E-state index contributed by atoms with van der Waals surface area (Å²) in [5.41, 5.74) is 7.22. The predicted molar refractivity (Wildman–Crippen MR) is 157 cm³/mol. The number of nitrogens with zero attached hydrogens (tertiary/aromatic N) is 4. The van der Waals surface area contributed by atoms with Crippen molar-refractivity contribution in [1.29, 1.82) is 0 Å². The third kappa shape index (κ3) is 5.05. The summed E-state index contributed by atoms with van der Waals surface area (Å²) in [7, 11) is 1.67. The van der Waals surface area contributed by atoms with Crippen molar-refractivity contribution in [2.75, 3.05) is 25.5 Å². The van der Waals surface area contributed by atoms with E-state index in [1.54, 1.807) is 31.6 Å². The van der Waals surface area contributed by atoms with Crippen molar-refractivity contribution in [3.05, 3.63) is 47.4 Å². The number of rotatable bonds is 7. The zero-order valence-corrected chi connectivity index (χ0v) is 24.9. The van der Waals surface area contributed by atoms with Gasteiger partial charge in [0.05, 0.1) is 22.7 Å². The number of aromatic nitrogens is 3. The van der Waals surface area contributed by atoms with Crippen LogP contribution in [0.1, 0.15) is 75.0 Å². The van der Waals surface area contributed by atoms with Crippen LogP contribution in [-0.4, -0.2) is 69.7 Å². The lowest BCUT2D eigenvalue weighted by atomic mass is 9.80. The predicted octanol–water partition coefficient (Wildman–Crippen LogP) is 4.03. The molecule has 1 saturated heterocycles. The van der Waals surface area contributed by atoms with Gasteiger partial charge in [0, 0.05) is 50.0 Å². The number of carbonyl (C=O) groups excluding carboxylic acids is 2. The highest BCUT2D eigenvalue weighted by molar-refractivity contribution is 5.93. The third-order valence-corrected chi connectivity index (χ3v) is 8.85. The second-order valence-electron chi connectivity index (χ2n) is 12.8. The van der Waals surface area contributed by atoms with Gasteiger partial charge in [0.15, 0.2) is 0 Å². The van der Waals surface area contributed by atoms with Gasteiger partial charge in [-0.05, 0) is 69.7 Å². The number of nitrogens with one attached hydrogen (secondary N) is 1. The summed E-state index contributed by atoms with van der Waals surface area (Å²) in [5.74, 6) is 1.30. The molecule has 2 aliphatic heterocycles. The molecule has 222 valence electrons. The van der Waals surface area contributed by atoms with Crippen molar-refractivity contribution in [2.24, 2.45) is 11.7 Å². The molecular weight excluding hydrogens is 536 g/mol. The number of amides is 1. The minimum absolute atomic E-state index is 0.0329. The molecule has 0 unspecified atom stereocenters. The molecule has 0 spiro atoms. The van der Waals surface area contributed by atoms with Crippen LogP contribution < -0.4 is 15.8 Å². The van der Waals surface area contributed by atoms with Crippen LogP contribution in [-0.2, 0) is 19.8 Å². The molecule has 11 nitrogen and oxygen atoms in total. The van der Waals surface area contributed by atoms with Crippen molar-refractivity contribution >= 4 is 34.3 Å². The average molecular weight is 575 g/mol. The highest BCUT2D eigenvalue weighted by Crippen LogP contribution is 2.39. The summed E-state index contributed by atoms with van der Waals surface area (Å²) in [6, 6.07) is 5.40. The van der Waals surface area contributed by atoms with Gasteiger partial charge in [-0.1, -0.05) is 6.92 Å². The van der Waals surface area contributed by atoms with Gasteiger partial charge in [-0.2, -0.15) is 0 Å². The van der Waals surface area contributed by atoms with E-state index in [2.05, 4.69) is 15.3 Å². The Morgan fingerprint density at radius 3 is 2.55 bits per heavy atom. The first kappa shape index (κ1) is 28.3. The largest absolute Gasteiger partial charge is 0.474 e. The molecular formula is C31H38N6O5. The Kier molecular flexibility index (Phi) is 6.85. The Balaban J connectivity index is 1.23. The summed E-state index contributed by atoms with van der Waals surface area (Å²) in [6.45, 7) is 11.0. The first-order valence-electron chi connectivity index (χ1n) is 14.4. The second-order valence-corrected chi connectivity index (χ2v) is 12.8. The van der Waals surface area contributed by atoms with Gasteiger partial charge in [0.1, 0.15) is 23.3 Å². The Labute approximate surface area is 245 Å². The number of fused-ring (bicyclic) bond motifs is 2. The first-order valence-corrected chi connectivity index (χ1v) is 14.4. The number of nitrogens with two attached hydrogens (primary N) is 1. The molecule has 3 N–H and O–H groups in total. The smallest absolute Gasteiger partial charge is 0.340 e. The van der Waals surface area contributed by atoms with Crippen LogP contribution in [0.2, 0.25) is 0 Å². The molecule has 11 heteroatoms. The Morgan fingerprint density at radius 1 is 1.12 bits per heavy atom. The molecule has 3 aromatic rings. The lowest BCUT2D eigenvalue weighted by Gasteiger charge is -2.43. The van der Waals surface area contributed by atoms with Crippen LogP contribution in [0.4, 0.5) is 11.6 Å². The minimum Gasteiger partial charge on any atom is -0.474 e. The molecule has 3 aromatic heterocycles. The maximum atomic E-state index is 12.7. The highest BCUT2D eigenvalue weighted by Gasteiger charge is 2.42. The van der Waals surface area contributed by atoms with Gasteiger partial charge >= 0.3 is 5.97 Å². The van der Waals surface area contributed by atoms with Crippen molar-refractivity contribution in [1.82, 2.24) is 19.9 Å². The fourth-order valence-corrected chi connectivity index (χ4v) is 5.72. The van der Waals surface area contributed by atoms with E-state index in [0.717, 1.165) is 16.3 Å². The van der Waals surface area contributed by atoms with E-state index in [1.807, 2.05) is 45.6 Å². The fraction of sp³-hybridized carbons (Fsp3) is 0.516. The van der Waals surface area contributed by atoms with E-state index < -0.39 is 11.1 Å². The lowest BCUT2D eigenvalue weighted by molar-refractivity contribution is -0.153. The molecule has 1 amide bonds. The number of hydrogen-bond donors (Lipinski definition) is 2. The lowest BCUT2D eigenvalue weighted by Crippen LogP contribution is -2.58. The average Bonchev–Trinajstić information content (AvgIpc) is 2.87. The summed E-state index contributed by atoms with van der Waals surface area (Å²) >= 11 is 0. The number of ether oxygens (including phenoxy) is 3. The normalized spacial score (nSPS) is 23.5. The molecule has 1 saturated carbocycles. The maximum absolute atomic E-state index is 12.7. The van der Waals surface area contributed by atoms with E-state index in [0.29, 0.717) is 54.7 Å². The molecule has 0 bridgehead atoms. The van der Waals surface area contributed by atoms with Crippen molar-refractivity contribution in [3.8, 4) is 5.88 Å². The quantitative estimate of drug-likeness (QED) is 0.397. The third-order valence-electron chi connectivity index (χ3n) is 8.85. The molecule has 42 heavy (non-hydrogen) atoms. The summed E-state index contributed by atoms with van der Waals surface area (Å²) in [6.07, 6.45) is 4.83. The highest BCUT2D eigenvalue weighted by atomic mass is 16.6. The number of hydrogen-bond acceptors (Lipinski definition) is 10. The van der Waals surface area contributed by atoms with Crippen LogP contribution >= 0.6 is 0 Å². The van der Waals surface area contributed by atoms with Crippen molar-refractivity contribution in [3.63, 3.8) is 0 Å². The van der Waals surface area contributed by atoms with Crippen molar-refractivity contribution in [2.45, 2.75) is 76.7 Å². The van der Waals surface area contributed by atoms with E-state index in [1.165, 1.54) is 0 Å². The monoisotopic (exact) mass is 574 g/mol. The maximum Gasteiger partial charge on any atom is 0.340 e. The first-order chi connectivity index (χ1) is 19.8. The van der Waals surface area contributed by atoms with Gasteiger partial charge in [-0.3, -0.25) is 4.79 Å². The molecule has 5 heterocycles. The van der Waals surface area contributed by atoms with Gasteiger partial charge in [-0.15, -0.1) is 0 Å². The van der Waals surface area contributed by atoms with E-state index >= 15 is 0 Å². The Bertz CT molecular complexity index is 1560. The van der Waals surface area contributed by atoms with E-state index in [4.69, 9.17) is 24.9 Å². The zero-order chi connectivity index (χ0) is 30.0. The SMILES string of the molecule is COC1CN(C(=O)C2CC(Oc3ncc(C(C)(C)N)c4cc(Nc5ccc6c(n5)[C@@H](C)C(C)(C)OC6=O)ncc34)C2)C1. The molecule has 0 aromatic carbocycles. The van der Waals surface area contributed by atoms with Crippen LogP contribution in [0.15, 0.2) is 30.6 Å². The number of likely N-dealkylation sites (tertiary alicyclic amines) is 1. The number of esters is 1. The molecule has 1 atom stereocenters. The summed E-state index contributed by atoms with van der Waals surface area (Å²) in [5, 5.41) is 4.89. The summed E-state index contributed by atoms with van der Waals surface area (Å²) in [4.78, 5) is 41.1. The van der Waals surface area contributed by atoms with Crippen LogP contribution in [0.25, 0.3) is 10.8 Å². The minimum atomic E-state index is -0.668. The molecule has 1 aliphatic carbocycles. The Morgan fingerprint density at radius 2 is 1.86 bits per heavy atom. The molecule has 0 radical (unpaired) electrons. The Hall–Kier alpha value is -3.83. The zero-order valence-electron chi connectivity index (χ0n) is 24.9. The van der Waals surface area contributed by atoms with Gasteiger partial charge < -0.3 is 30.2 Å². The van der Waals surface area contributed by atoms with E-state index in [-0.39, 0.29) is 35.9 Å². The molecule has 6 rings (SSSR count). The van der Waals surface area contributed by atoms with Crippen LogP contribution in [0.5, 0.6) is 5.88 Å². The van der Waals surface area contributed by atoms with Gasteiger partial charge in [0.2, 0.25) is 11.8 Å². The number of methoxy groups -OCH3 is 1.